The standard InChI is InChI=1S/C21H27N3O3/c1-4-17-7-5-6-8-19(17)23-21(26)15-24(2)14-20(25)22-13-16-9-11-18(27-3)12-10-16/h5-12H,4,13-15H2,1-3H3,(H,22,25)(H,23,26)/p+1. The summed E-state index contributed by atoms with van der Waals surface area (Å²) in [6.45, 7) is 2.97. The molecular formula is C21H28N3O3+. The van der Waals surface area contributed by atoms with Gasteiger partial charge in [-0.15, -0.1) is 0 Å². The average Bonchev–Trinajstić information content (AvgIpc) is 2.67. The molecule has 0 aliphatic carbocycles. The molecule has 0 fully saturated rings. The summed E-state index contributed by atoms with van der Waals surface area (Å²) >= 11 is 0. The number of nitrogens with one attached hydrogen (secondary N) is 3. The van der Waals surface area contributed by atoms with Gasteiger partial charge in [0.25, 0.3) is 11.8 Å². The van der Waals surface area contributed by atoms with Crippen LogP contribution in [-0.4, -0.2) is 39.1 Å². The summed E-state index contributed by atoms with van der Waals surface area (Å²) in [4.78, 5) is 25.2. The van der Waals surface area contributed by atoms with E-state index in [9.17, 15) is 9.59 Å². The van der Waals surface area contributed by atoms with Crippen molar-refractivity contribution < 1.29 is 19.2 Å². The predicted molar refractivity (Wildman–Crippen MR) is 106 cm³/mol. The molecule has 0 saturated carbocycles. The van der Waals surface area contributed by atoms with Gasteiger partial charge in [0.2, 0.25) is 0 Å². The van der Waals surface area contributed by atoms with Crippen LogP contribution < -0.4 is 20.3 Å². The first-order valence-electron chi connectivity index (χ1n) is 9.10. The molecule has 0 radical (unpaired) electrons. The Balaban J connectivity index is 1.75. The van der Waals surface area contributed by atoms with Crippen molar-refractivity contribution in [2.45, 2.75) is 19.9 Å². The normalized spacial score (nSPS) is 11.5. The molecule has 0 aromatic heterocycles. The highest BCUT2D eigenvalue weighted by atomic mass is 16.5. The van der Waals surface area contributed by atoms with Crippen molar-refractivity contribution in [2.24, 2.45) is 0 Å². The lowest BCUT2D eigenvalue weighted by atomic mass is 10.1. The lowest BCUT2D eigenvalue weighted by molar-refractivity contribution is -0.862. The van der Waals surface area contributed by atoms with Crippen LogP contribution in [0, 0.1) is 0 Å². The van der Waals surface area contributed by atoms with Gasteiger partial charge >= 0.3 is 0 Å². The molecule has 0 saturated heterocycles. The van der Waals surface area contributed by atoms with E-state index in [1.807, 2.05) is 55.6 Å². The van der Waals surface area contributed by atoms with Crippen LogP contribution in [0.5, 0.6) is 5.75 Å². The number of likely N-dealkylation sites (N-methyl/N-ethyl adjacent to an activating group) is 1. The van der Waals surface area contributed by atoms with Crippen LogP contribution in [0.1, 0.15) is 18.1 Å². The van der Waals surface area contributed by atoms with E-state index in [-0.39, 0.29) is 24.9 Å². The van der Waals surface area contributed by atoms with Crippen LogP contribution in [0.4, 0.5) is 5.69 Å². The molecule has 2 amide bonds. The van der Waals surface area contributed by atoms with E-state index < -0.39 is 0 Å². The van der Waals surface area contributed by atoms with Gasteiger partial charge in [-0.05, 0) is 35.7 Å². The van der Waals surface area contributed by atoms with E-state index >= 15 is 0 Å². The molecule has 0 aliphatic heterocycles. The van der Waals surface area contributed by atoms with E-state index in [1.165, 1.54) is 0 Å². The number of carbonyl (C=O) groups excluding carboxylic acids is 2. The van der Waals surface area contributed by atoms with Crippen molar-refractivity contribution in [1.29, 1.82) is 0 Å². The Labute approximate surface area is 160 Å². The zero-order chi connectivity index (χ0) is 19.6. The Morgan fingerprint density at radius 1 is 1.00 bits per heavy atom. The summed E-state index contributed by atoms with van der Waals surface area (Å²) in [5, 5.41) is 5.81. The minimum atomic E-state index is -0.101. The maximum Gasteiger partial charge on any atom is 0.279 e. The Bertz CT molecular complexity index is 760. The highest BCUT2D eigenvalue weighted by Gasteiger charge is 2.15. The number of hydrogen-bond donors (Lipinski definition) is 3. The quantitative estimate of drug-likeness (QED) is 0.617. The zero-order valence-corrected chi connectivity index (χ0v) is 16.2. The summed E-state index contributed by atoms with van der Waals surface area (Å²) in [7, 11) is 3.45. The van der Waals surface area contributed by atoms with Gasteiger partial charge < -0.3 is 20.3 Å². The SMILES string of the molecule is CCc1ccccc1NC(=O)C[NH+](C)CC(=O)NCc1ccc(OC)cc1. The highest BCUT2D eigenvalue weighted by Crippen LogP contribution is 2.14. The number of carbonyl (C=O) groups is 2. The van der Waals surface area contributed by atoms with Gasteiger partial charge in [-0.3, -0.25) is 9.59 Å². The molecule has 3 N–H and O–H groups in total. The number of para-hydroxylation sites is 1. The van der Waals surface area contributed by atoms with Crippen LogP contribution in [0.25, 0.3) is 0 Å². The molecule has 0 spiro atoms. The van der Waals surface area contributed by atoms with Crippen LogP contribution in [0.3, 0.4) is 0 Å². The summed E-state index contributed by atoms with van der Waals surface area (Å²) in [6.07, 6.45) is 0.854. The average molecular weight is 370 g/mol. The zero-order valence-electron chi connectivity index (χ0n) is 16.2. The van der Waals surface area contributed by atoms with Gasteiger partial charge in [0.05, 0.1) is 14.2 Å². The van der Waals surface area contributed by atoms with Gasteiger partial charge in [-0.2, -0.15) is 0 Å². The summed E-state index contributed by atoms with van der Waals surface area (Å²) in [5.74, 6) is 0.589. The molecule has 2 rings (SSSR count). The van der Waals surface area contributed by atoms with E-state index in [0.29, 0.717) is 6.54 Å². The van der Waals surface area contributed by atoms with Gasteiger partial charge in [-0.25, -0.2) is 0 Å². The molecule has 0 bridgehead atoms. The molecule has 27 heavy (non-hydrogen) atoms. The molecule has 2 aromatic carbocycles. The largest absolute Gasteiger partial charge is 0.497 e. The molecule has 1 unspecified atom stereocenters. The van der Waals surface area contributed by atoms with E-state index in [4.69, 9.17) is 4.74 Å². The molecule has 2 aromatic rings. The fourth-order valence-corrected chi connectivity index (χ4v) is 2.76. The first-order chi connectivity index (χ1) is 13.0. The molecule has 0 aliphatic rings. The van der Waals surface area contributed by atoms with Gasteiger partial charge in [0, 0.05) is 12.2 Å². The maximum atomic E-state index is 12.2. The van der Waals surface area contributed by atoms with Crippen LogP contribution in [0.15, 0.2) is 48.5 Å². The Hall–Kier alpha value is -2.86. The van der Waals surface area contributed by atoms with E-state index in [1.54, 1.807) is 7.11 Å². The van der Waals surface area contributed by atoms with Crippen molar-refractivity contribution in [2.75, 3.05) is 32.6 Å². The second-order valence-corrected chi connectivity index (χ2v) is 6.49. The Kier molecular flexibility index (Phi) is 7.82. The summed E-state index contributed by atoms with van der Waals surface area (Å²) < 4.78 is 5.11. The molecule has 0 heterocycles. The number of aryl methyl sites for hydroxylation is 1. The van der Waals surface area contributed by atoms with Crippen molar-refractivity contribution in [3.8, 4) is 5.75 Å². The number of anilines is 1. The number of benzene rings is 2. The maximum absolute atomic E-state index is 12.2. The number of ether oxygens (including phenoxy) is 1. The first kappa shape index (κ1) is 20.5. The molecule has 144 valence electrons. The smallest absolute Gasteiger partial charge is 0.279 e. The molecule has 6 heteroatoms. The predicted octanol–water partition coefficient (Wildman–Crippen LogP) is 1.03. The monoisotopic (exact) mass is 370 g/mol. The summed E-state index contributed by atoms with van der Waals surface area (Å²) in [6, 6.07) is 15.3. The minimum Gasteiger partial charge on any atom is -0.497 e. The number of methoxy groups -OCH3 is 1. The van der Waals surface area contributed by atoms with Gasteiger partial charge in [0.15, 0.2) is 13.1 Å². The number of amides is 2. The lowest BCUT2D eigenvalue weighted by Gasteiger charge is -2.15. The third-order valence-electron chi connectivity index (χ3n) is 4.25. The second kappa shape index (κ2) is 10.3. The summed E-state index contributed by atoms with van der Waals surface area (Å²) in [5.41, 5.74) is 2.93. The number of rotatable bonds is 9. The van der Waals surface area contributed by atoms with Crippen molar-refractivity contribution in [1.82, 2.24) is 5.32 Å². The second-order valence-electron chi connectivity index (χ2n) is 6.49. The Morgan fingerprint density at radius 2 is 1.67 bits per heavy atom. The molecule has 1 atom stereocenters. The molecule has 6 nitrogen and oxygen atoms in total. The van der Waals surface area contributed by atoms with Crippen molar-refractivity contribution in [3.05, 3.63) is 59.7 Å². The minimum absolute atomic E-state index is 0.0925. The molecular weight excluding hydrogens is 342 g/mol. The highest BCUT2D eigenvalue weighted by molar-refractivity contribution is 5.92. The van der Waals surface area contributed by atoms with Gasteiger partial charge in [-0.1, -0.05) is 37.3 Å². The van der Waals surface area contributed by atoms with Crippen molar-refractivity contribution >= 4 is 17.5 Å². The van der Waals surface area contributed by atoms with Crippen LogP contribution >= 0.6 is 0 Å². The van der Waals surface area contributed by atoms with Crippen molar-refractivity contribution in [3.63, 3.8) is 0 Å². The third-order valence-corrected chi connectivity index (χ3v) is 4.25. The fraction of sp³-hybridized carbons (Fsp3) is 0.333. The van der Waals surface area contributed by atoms with Crippen LogP contribution in [-0.2, 0) is 22.6 Å². The van der Waals surface area contributed by atoms with E-state index in [0.717, 1.165) is 33.9 Å². The van der Waals surface area contributed by atoms with Gasteiger partial charge in [0.1, 0.15) is 5.75 Å². The Morgan fingerprint density at radius 3 is 2.33 bits per heavy atom. The number of quaternary nitrogens is 1. The third kappa shape index (κ3) is 6.75. The van der Waals surface area contributed by atoms with E-state index in [2.05, 4.69) is 17.6 Å². The number of hydrogen-bond acceptors (Lipinski definition) is 3. The lowest BCUT2D eigenvalue weighted by Crippen LogP contribution is -3.11. The first-order valence-corrected chi connectivity index (χ1v) is 9.10. The fourth-order valence-electron chi connectivity index (χ4n) is 2.76. The topological polar surface area (TPSA) is 71.9 Å². The van der Waals surface area contributed by atoms with Crippen LogP contribution in [0.2, 0.25) is 0 Å².